The second-order valence-corrected chi connectivity index (χ2v) is 2.67. The third-order valence-electron chi connectivity index (χ3n) is 1.83. The van der Waals surface area contributed by atoms with Gasteiger partial charge in [-0.05, 0) is 17.7 Å². The van der Waals surface area contributed by atoms with Crippen LogP contribution >= 0.6 is 0 Å². The molecule has 0 radical (unpaired) electrons. The molecule has 5 heteroatoms. The van der Waals surface area contributed by atoms with Crippen molar-refractivity contribution < 1.29 is 14.6 Å². The fourth-order valence-corrected chi connectivity index (χ4v) is 1.07. The third-order valence-corrected chi connectivity index (χ3v) is 1.83. The van der Waals surface area contributed by atoms with Crippen LogP contribution in [0.4, 0.5) is 0 Å². The number of nitriles is 1. The summed E-state index contributed by atoms with van der Waals surface area (Å²) >= 11 is 0. The van der Waals surface area contributed by atoms with Crippen molar-refractivity contribution in [2.75, 3.05) is 7.11 Å². The fourth-order valence-electron chi connectivity index (χ4n) is 1.07. The Labute approximate surface area is 130 Å². The van der Waals surface area contributed by atoms with Crippen LogP contribution < -0.4 is 4.74 Å². The standard InChI is InChI=1S/C10H9NO3.K.H/c1-14-8-4-2-7(3-5-8)9(6-11)10(12)13;;/h2-5,9H,1H3,(H,12,13);;. The molecule has 4 nitrogen and oxygen atoms in total. The monoisotopic (exact) mass is 231 g/mol. The first-order valence-corrected chi connectivity index (χ1v) is 3.95. The number of hydrogen-bond acceptors (Lipinski definition) is 3. The van der Waals surface area contributed by atoms with E-state index in [1.807, 2.05) is 0 Å². The van der Waals surface area contributed by atoms with Gasteiger partial charge in [0.05, 0.1) is 13.2 Å². The van der Waals surface area contributed by atoms with Gasteiger partial charge in [-0.3, -0.25) is 4.79 Å². The normalized spacial score (nSPS) is 10.7. The number of rotatable bonds is 3. The van der Waals surface area contributed by atoms with Crippen LogP contribution in [0.3, 0.4) is 0 Å². The molecule has 0 aliphatic rings. The number of carbonyl (C=O) groups is 1. The van der Waals surface area contributed by atoms with Crippen molar-refractivity contribution >= 4 is 57.4 Å². The van der Waals surface area contributed by atoms with E-state index in [4.69, 9.17) is 15.1 Å². The number of carboxylic acids is 1. The van der Waals surface area contributed by atoms with E-state index < -0.39 is 11.9 Å². The topological polar surface area (TPSA) is 70.3 Å². The van der Waals surface area contributed by atoms with Gasteiger partial charge in [-0.1, -0.05) is 12.1 Å². The van der Waals surface area contributed by atoms with Gasteiger partial charge >= 0.3 is 57.4 Å². The molecule has 0 saturated carbocycles. The summed E-state index contributed by atoms with van der Waals surface area (Å²) in [7, 11) is 1.52. The molecule has 1 aromatic carbocycles. The zero-order chi connectivity index (χ0) is 10.6. The first-order valence-electron chi connectivity index (χ1n) is 3.95. The maximum absolute atomic E-state index is 10.6. The summed E-state index contributed by atoms with van der Waals surface area (Å²) in [5.74, 6) is -1.62. The number of aliphatic carboxylic acids is 1. The zero-order valence-corrected chi connectivity index (χ0v) is 7.60. The molecule has 15 heavy (non-hydrogen) atoms. The van der Waals surface area contributed by atoms with Crippen molar-refractivity contribution in [1.29, 1.82) is 5.26 Å². The number of carboxylic acid groups (broad SMARTS) is 1. The van der Waals surface area contributed by atoms with Gasteiger partial charge in [-0.15, -0.1) is 0 Å². The van der Waals surface area contributed by atoms with Crippen LogP contribution in [0.15, 0.2) is 24.3 Å². The molecule has 0 fully saturated rings. The zero-order valence-electron chi connectivity index (χ0n) is 7.60. The number of ether oxygens (including phenoxy) is 1. The van der Waals surface area contributed by atoms with Gasteiger partial charge in [0, 0.05) is 0 Å². The van der Waals surface area contributed by atoms with Gasteiger partial charge in [0.1, 0.15) is 5.75 Å². The summed E-state index contributed by atoms with van der Waals surface area (Å²) in [6.07, 6.45) is 0. The van der Waals surface area contributed by atoms with E-state index >= 15 is 0 Å². The summed E-state index contributed by atoms with van der Waals surface area (Å²) < 4.78 is 4.91. The predicted molar refractivity (Wildman–Crippen MR) is 56.1 cm³/mol. The van der Waals surface area contributed by atoms with Crippen molar-refractivity contribution in [2.45, 2.75) is 5.92 Å². The summed E-state index contributed by atoms with van der Waals surface area (Å²) in [4.78, 5) is 10.6. The van der Waals surface area contributed by atoms with Crippen LogP contribution in [0.2, 0.25) is 0 Å². The number of methoxy groups -OCH3 is 1. The molecule has 0 bridgehead atoms. The average Bonchev–Trinajstić information content (AvgIpc) is 2.19. The van der Waals surface area contributed by atoms with Crippen LogP contribution in [0.5, 0.6) is 5.75 Å². The molecule has 1 rings (SSSR count). The Balaban J connectivity index is 0.00000196. The second-order valence-electron chi connectivity index (χ2n) is 2.67. The molecule has 1 unspecified atom stereocenters. The van der Waals surface area contributed by atoms with E-state index in [2.05, 4.69) is 0 Å². The first kappa shape index (κ1) is 14.6. The number of benzene rings is 1. The molecule has 0 aliphatic heterocycles. The van der Waals surface area contributed by atoms with Gasteiger partial charge in [0.25, 0.3) is 0 Å². The number of nitrogens with zero attached hydrogens (tertiary/aromatic N) is 1. The molecule has 0 spiro atoms. The third kappa shape index (κ3) is 3.93. The molecular weight excluding hydrogens is 221 g/mol. The Hall–Kier alpha value is -0.384. The second kappa shape index (κ2) is 6.98. The average molecular weight is 231 g/mol. The predicted octanol–water partition coefficient (Wildman–Crippen LogP) is 0.738. The molecule has 1 N–H and O–H groups in total. The van der Waals surface area contributed by atoms with Crippen molar-refractivity contribution in [1.82, 2.24) is 0 Å². The Morgan fingerprint density at radius 1 is 1.47 bits per heavy atom. The van der Waals surface area contributed by atoms with E-state index in [9.17, 15) is 4.79 Å². The van der Waals surface area contributed by atoms with E-state index in [1.165, 1.54) is 7.11 Å². The minimum atomic E-state index is -1.14. The van der Waals surface area contributed by atoms with Gasteiger partial charge in [-0.25, -0.2) is 0 Å². The molecule has 0 amide bonds. The van der Waals surface area contributed by atoms with E-state index in [1.54, 1.807) is 30.3 Å². The Morgan fingerprint density at radius 2 is 2.00 bits per heavy atom. The maximum atomic E-state index is 10.6. The fraction of sp³-hybridized carbons (Fsp3) is 0.200. The van der Waals surface area contributed by atoms with Crippen molar-refractivity contribution in [3.05, 3.63) is 29.8 Å². The van der Waals surface area contributed by atoms with Crippen LogP contribution in [0.1, 0.15) is 11.5 Å². The number of hydrogen-bond donors (Lipinski definition) is 1. The molecule has 0 saturated heterocycles. The van der Waals surface area contributed by atoms with Crippen LogP contribution in [0, 0.1) is 11.3 Å². The van der Waals surface area contributed by atoms with Crippen LogP contribution in [-0.2, 0) is 4.79 Å². The van der Waals surface area contributed by atoms with Gasteiger partial charge in [0.15, 0.2) is 5.92 Å². The van der Waals surface area contributed by atoms with Crippen molar-refractivity contribution in [3.8, 4) is 11.8 Å². The Morgan fingerprint density at radius 3 is 2.33 bits per heavy atom. The Bertz CT molecular complexity index is 369. The molecule has 0 aliphatic carbocycles. The van der Waals surface area contributed by atoms with E-state index in [0.29, 0.717) is 11.3 Å². The molecule has 1 aromatic rings. The summed E-state index contributed by atoms with van der Waals surface area (Å²) in [6.45, 7) is 0. The summed E-state index contributed by atoms with van der Waals surface area (Å²) in [5.41, 5.74) is 0.459. The van der Waals surface area contributed by atoms with Crippen LogP contribution in [0.25, 0.3) is 0 Å². The first-order chi connectivity index (χ1) is 6.69. The summed E-state index contributed by atoms with van der Waals surface area (Å²) in [6, 6.07) is 8.11. The van der Waals surface area contributed by atoms with E-state index in [0.717, 1.165) is 0 Å². The van der Waals surface area contributed by atoms with Crippen molar-refractivity contribution in [3.63, 3.8) is 0 Å². The van der Waals surface area contributed by atoms with Crippen molar-refractivity contribution in [2.24, 2.45) is 0 Å². The van der Waals surface area contributed by atoms with Gasteiger partial charge < -0.3 is 9.84 Å². The molecule has 1 atom stereocenters. The van der Waals surface area contributed by atoms with E-state index in [-0.39, 0.29) is 51.4 Å². The summed E-state index contributed by atoms with van der Waals surface area (Å²) in [5, 5.41) is 17.3. The molecule has 0 aromatic heterocycles. The Kier molecular flexibility index (Phi) is 6.81. The minimum absolute atomic E-state index is 0. The quantitative estimate of drug-likeness (QED) is 0.779. The molecule has 0 heterocycles. The SMILES string of the molecule is COc1ccc(C(C#N)C(=O)O)cc1.[KH]. The molecule has 74 valence electrons. The molecular formula is C10H10KNO3. The van der Waals surface area contributed by atoms with Crippen LogP contribution in [-0.4, -0.2) is 69.6 Å². The van der Waals surface area contributed by atoms with Gasteiger partial charge in [-0.2, -0.15) is 5.26 Å². The van der Waals surface area contributed by atoms with Gasteiger partial charge in [0.2, 0.25) is 0 Å².